The number of rotatable bonds is 4. The molecule has 5 nitrogen and oxygen atoms in total. The van der Waals surface area contributed by atoms with Gasteiger partial charge in [-0.2, -0.15) is 0 Å². The summed E-state index contributed by atoms with van der Waals surface area (Å²) in [5.41, 5.74) is 3.39. The summed E-state index contributed by atoms with van der Waals surface area (Å²) in [6.07, 6.45) is 7.06. The fourth-order valence-corrected chi connectivity index (χ4v) is 6.03. The van der Waals surface area contributed by atoms with Gasteiger partial charge in [-0.25, -0.2) is 0 Å². The molecule has 154 valence electrons. The Morgan fingerprint density at radius 2 is 1.93 bits per heavy atom. The maximum Gasteiger partial charge on any atom is 0.308 e. The molecule has 0 saturated heterocycles. The van der Waals surface area contributed by atoms with Gasteiger partial charge in [-0.3, -0.25) is 14.4 Å². The SMILES string of the molecule is CC(=O)OCC(=O)C1=CCC2C3CCc4cc(OC(C)=O)ccc4C3CCC12C. The number of carbonyl (C=O) groups is 3. The van der Waals surface area contributed by atoms with Crippen LogP contribution in [0.2, 0.25) is 0 Å². The molecule has 1 fully saturated rings. The third-order valence-electron chi connectivity index (χ3n) is 7.25. The Labute approximate surface area is 171 Å². The molecule has 0 amide bonds. The van der Waals surface area contributed by atoms with Crippen LogP contribution in [0.5, 0.6) is 5.75 Å². The molecule has 0 bridgehead atoms. The second-order valence-corrected chi connectivity index (χ2v) is 8.88. The molecule has 0 aromatic heterocycles. The highest BCUT2D eigenvalue weighted by molar-refractivity contribution is 5.99. The van der Waals surface area contributed by atoms with Crippen LogP contribution in [0.4, 0.5) is 0 Å². The predicted octanol–water partition coefficient (Wildman–Crippen LogP) is 4.14. The molecule has 0 aliphatic heterocycles. The van der Waals surface area contributed by atoms with Crippen molar-refractivity contribution in [2.24, 2.45) is 17.3 Å². The first-order valence-electron chi connectivity index (χ1n) is 10.5. The second-order valence-electron chi connectivity index (χ2n) is 8.88. The van der Waals surface area contributed by atoms with Gasteiger partial charge in [0.05, 0.1) is 0 Å². The summed E-state index contributed by atoms with van der Waals surface area (Å²) in [6.45, 7) is 4.82. The Hall–Kier alpha value is -2.43. The number of ether oxygens (including phenoxy) is 2. The normalized spacial score (nSPS) is 29.8. The van der Waals surface area contributed by atoms with Crippen LogP contribution in [0.3, 0.4) is 0 Å². The molecule has 4 rings (SSSR count). The molecule has 1 aromatic carbocycles. The summed E-state index contributed by atoms with van der Waals surface area (Å²) >= 11 is 0. The van der Waals surface area contributed by atoms with Crippen molar-refractivity contribution in [3.8, 4) is 5.75 Å². The number of Topliss-reactive ketones (excluding diaryl/α,β-unsaturated/α-hetero) is 1. The first-order chi connectivity index (χ1) is 13.8. The molecule has 0 spiro atoms. The molecule has 1 aromatic rings. The predicted molar refractivity (Wildman–Crippen MR) is 107 cm³/mol. The number of allylic oxidation sites excluding steroid dienone is 1. The van der Waals surface area contributed by atoms with Gasteiger partial charge in [0, 0.05) is 19.4 Å². The minimum Gasteiger partial charge on any atom is -0.457 e. The van der Waals surface area contributed by atoms with E-state index in [1.807, 2.05) is 12.1 Å². The molecule has 0 N–H and O–H groups in total. The molecule has 1 saturated carbocycles. The summed E-state index contributed by atoms with van der Waals surface area (Å²) in [5.74, 6) is 1.32. The number of carbonyl (C=O) groups excluding carboxylic acids is 3. The van der Waals surface area contributed by atoms with Crippen molar-refractivity contribution in [3.63, 3.8) is 0 Å². The van der Waals surface area contributed by atoms with Crippen LogP contribution in [0, 0.1) is 17.3 Å². The zero-order chi connectivity index (χ0) is 20.8. The molecule has 3 aliphatic carbocycles. The van der Waals surface area contributed by atoms with Crippen LogP contribution in [0.25, 0.3) is 0 Å². The minimum atomic E-state index is -0.417. The standard InChI is InChI=1S/C24H28O5/c1-14(25)28-13-23(27)22-9-8-21-20-6-4-16-12-17(29-15(2)26)5-7-18(16)19(20)10-11-24(21,22)3/h5,7,9,12,19-21H,4,6,8,10-11,13H2,1-3H3. The summed E-state index contributed by atoms with van der Waals surface area (Å²) in [6, 6.07) is 6.04. The molecule has 5 heteroatoms. The molecule has 4 atom stereocenters. The van der Waals surface area contributed by atoms with Gasteiger partial charge in [-0.1, -0.05) is 19.1 Å². The fraction of sp³-hybridized carbons (Fsp3) is 0.542. The molecule has 0 radical (unpaired) electrons. The van der Waals surface area contributed by atoms with Gasteiger partial charge in [0.25, 0.3) is 0 Å². The zero-order valence-electron chi connectivity index (χ0n) is 17.3. The van der Waals surface area contributed by atoms with Crippen molar-refractivity contribution in [2.75, 3.05) is 6.61 Å². The lowest BCUT2D eigenvalue weighted by atomic mass is 9.54. The number of aryl methyl sites for hydroxylation is 1. The van der Waals surface area contributed by atoms with Crippen LogP contribution in [0.15, 0.2) is 29.8 Å². The van der Waals surface area contributed by atoms with Crippen molar-refractivity contribution in [2.45, 2.75) is 58.8 Å². The van der Waals surface area contributed by atoms with E-state index >= 15 is 0 Å². The lowest BCUT2D eigenvalue weighted by Crippen LogP contribution is -2.42. The molecule has 29 heavy (non-hydrogen) atoms. The first-order valence-corrected chi connectivity index (χ1v) is 10.5. The number of benzene rings is 1. The Balaban J connectivity index is 1.54. The van der Waals surface area contributed by atoms with E-state index in [2.05, 4.69) is 19.1 Å². The van der Waals surface area contributed by atoms with E-state index in [4.69, 9.17) is 9.47 Å². The van der Waals surface area contributed by atoms with Crippen molar-refractivity contribution in [1.29, 1.82) is 0 Å². The van der Waals surface area contributed by atoms with E-state index in [-0.39, 0.29) is 23.8 Å². The largest absolute Gasteiger partial charge is 0.457 e. The van der Waals surface area contributed by atoms with E-state index in [0.29, 0.717) is 23.5 Å². The number of hydrogen-bond donors (Lipinski definition) is 0. The summed E-state index contributed by atoms with van der Waals surface area (Å²) in [4.78, 5) is 35.1. The maximum atomic E-state index is 12.7. The average Bonchev–Trinajstić information content (AvgIpc) is 3.02. The molecule has 0 heterocycles. The third kappa shape index (κ3) is 3.52. The van der Waals surface area contributed by atoms with E-state index in [1.54, 1.807) is 0 Å². The zero-order valence-corrected chi connectivity index (χ0v) is 17.3. The van der Waals surface area contributed by atoms with Crippen molar-refractivity contribution in [1.82, 2.24) is 0 Å². The highest BCUT2D eigenvalue weighted by atomic mass is 16.5. The highest BCUT2D eigenvalue weighted by Gasteiger charge is 2.53. The lowest BCUT2D eigenvalue weighted by Gasteiger charge is -2.50. The van der Waals surface area contributed by atoms with Gasteiger partial charge in [0.2, 0.25) is 0 Å². The van der Waals surface area contributed by atoms with E-state index in [9.17, 15) is 14.4 Å². The van der Waals surface area contributed by atoms with E-state index in [1.165, 1.54) is 25.0 Å². The number of ketones is 1. The van der Waals surface area contributed by atoms with Crippen LogP contribution in [-0.2, 0) is 25.5 Å². The highest BCUT2D eigenvalue weighted by Crippen LogP contribution is 2.61. The summed E-state index contributed by atoms with van der Waals surface area (Å²) in [7, 11) is 0. The summed E-state index contributed by atoms with van der Waals surface area (Å²) in [5, 5.41) is 0. The molecule has 4 unspecified atom stereocenters. The quantitative estimate of drug-likeness (QED) is 0.565. The van der Waals surface area contributed by atoms with Crippen LogP contribution in [0.1, 0.15) is 63.5 Å². The van der Waals surface area contributed by atoms with Crippen LogP contribution < -0.4 is 4.74 Å². The fourth-order valence-electron chi connectivity index (χ4n) is 6.03. The first kappa shape index (κ1) is 19.9. The Kier molecular flexibility index (Phi) is 5.09. The van der Waals surface area contributed by atoms with Gasteiger partial charge >= 0.3 is 11.9 Å². The minimum absolute atomic E-state index is 0.0501. The lowest BCUT2D eigenvalue weighted by molar-refractivity contribution is -0.145. The molecule has 3 aliphatic rings. The number of fused-ring (bicyclic) bond motifs is 5. The number of hydrogen-bond acceptors (Lipinski definition) is 5. The topological polar surface area (TPSA) is 69.7 Å². The van der Waals surface area contributed by atoms with Crippen molar-refractivity contribution >= 4 is 17.7 Å². The Morgan fingerprint density at radius 3 is 2.66 bits per heavy atom. The second kappa shape index (κ2) is 7.43. The monoisotopic (exact) mass is 396 g/mol. The van der Waals surface area contributed by atoms with E-state index in [0.717, 1.165) is 37.7 Å². The van der Waals surface area contributed by atoms with Crippen LogP contribution in [-0.4, -0.2) is 24.3 Å². The number of esters is 2. The van der Waals surface area contributed by atoms with Gasteiger partial charge in [-0.05, 0) is 78.5 Å². The van der Waals surface area contributed by atoms with E-state index < -0.39 is 5.97 Å². The van der Waals surface area contributed by atoms with Gasteiger partial charge in [-0.15, -0.1) is 0 Å². The van der Waals surface area contributed by atoms with Crippen molar-refractivity contribution < 1.29 is 23.9 Å². The Bertz CT molecular complexity index is 899. The smallest absolute Gasteiger partial charge is 0.308 e. The molecular formula is C24H28O5. The summed E-state index contributed by atoms with van der Waals surface area (Å²) < 4.78 is 10.2. The van der Waals surface area contributed by atoms with Gasteiger partial charge in [0.15, 0.2) is 12.4 Å². The van der Waals surface area contributed by atoms with Gasteiger partial charge in [0.1, 0.15) is 5.75 Å². The molecular weight excluding hydrogens is 368 g/mol. The average molecular weight is 396 g/mol. The van der Waals surface area contributed by atoms with Gasteiger partial charge < -0.3 is 9.47 Å². The van der Waals surface area contributed by atoms with Crippen LogP contribution >= 0.6 is 0 Å². The van der Waals surface area contributed by atoms with Crippen molar-refractivity contribution in [3.05, 3.63) is 41.0 Å². The maximum absolute atomic E-state index is 12.7. The third-order valence-corrected chi connectivity index (χ3v) is 7.25. The Morgan fingerprint density at radius 1 is 1.14 bits per heavy atom.